The molecule has 0 aliphatic carbocycles. The highest BCUT2D eigenvalue weighted by Crippen LogP contribution is 2.14. The molecule has 0 spiro atoms. The van der Waals surface area contributed by atoms with Crippen LogP contribution in [0.5, 0.6) is 0 Å². The molecule has 0 aromatic carbocycles. The summed E-state index contributed by atoms with van der Waals surface area (Å²) in [5.41, 5.74) is 0. The van der Waals surface area contributed by atoms with Crippen LogP contribution in [0.1, 0.15) is 0 Å². The van der Waals surface area contributed by atoms with Gasteiger partial charge in [-0.3, -0.25) is 0 Å². The largest absolute Gasteiger partial charge is 0.383 e. The first-order chi connectivity index (χ1) is 8.91. The minimum absolute atomic E-state index is 0.0736. The number of methoxy groups -OCH3 is 1. The van der Waals surface area contributed by atoms with Gasteiger partial charge in [0.1, 0.15) is 10.7 Å². The van der Waals surface area contributed by atoms with Crippen molar-refractivity contribution in [2.75, 3.05) is 39.0 Å². The fourth-order valence-corrected chi connectivity index (χ4v) is 2.38. The lowest BCUT2D eigenvalue weighted by molar-refractivity contribution is 0.191. The van der Waals surface area contributed by atoms with E-state index in [4.69, 9.17) is 16.3 Å². The van der Waals surface area contributed by atoms with E-state index in [0.29, 0.717) is 18.3 Å². The van der Waals surface area contributed by atoms with E-state index < -0.39 is 10.0 Å². The normalized spacial score (nSPS) is 13.5. The van der Waals surface area contributed by atoms with Gasteiger partial charge >= 0.3 is 0 Å². The van der Waals surface area contributed by atoms with Crippen LogP contribution in [0.25, 0.3) is 0 Å². The van der Waals surface area contributed by atoms with E-state index in [1.54, 1.807) is 13.2 Å². The van der Waals surface area contributed by atoms with Crippen LogP contribution < -0.4 is 5.32 Å². The van der Waals surface area contributed by atoms with Crippen molar-refractivity contribution in [3.8, 4) is 0 Å². The monoisotopic (exact) mass is 307 g/mol. The molecule has 1 atom stereocenters. The number of pyridine rings is 1. The molecule has 1 aromatic rings. The molecule has 8 heteroatoms. The summed E-state index contributed by atoms with van der Waals surface area (Å²) in [6.45, 7) is 0.447. The van der Waals surface area contributed by atoms with Crippen molar-refractivity contribution in [3.05, 3.63) is 18.3 Å². The van der Waals surface area contributed by atoms with Gasteiger partial charge in [-0.15, -0.1) is 11.6 Å². The number of anilines is 1. The van der Waals surface area contributed by atoms with E-state index >= 15 is 0 Å². The maximum absolute atomic E-state index is 11.8. The van der Waals surface area contributed by atoms with Crippen molar-refractivity contribution in [2.24, 2.45) is 0 Å². The number of nitrogens with one attached hydrogen (secondary N) is 1. The summed E-state index contributed by atoms with van der Waals surface area (Å²) in [6, 6.07) is 3.03. The molecule has 6 nitrogen and oxygen atoms in total. The molecule has 1 N–H and O–H groups in total. The highest BCUT2D eigenvalue weighted by molar-refractivity contribution is 7.89. The van der Waals surface area contributed by atoms with E-state index in [1.807, 2.05) is 0 Å². The highest BCUT2D eigenvalue weighted by Gasteiger charge is 2.17. The summed E-state index contributed by atoms with van der Waals surface area (Å²) in [5, 5.41) is 3.06. The molecule has 0 bridgehead atoms. The standard InChI is InChI=1S/C11H18ClN3O3S/c1-15(2)19(16,17)10-4-5-11(13-7-10)14-9(6-12)8-18-3/h4-5,7,9H,6,8H2,1-3H3,(H,13,14). The van der Waals surface area contributed by atoms with Crippen LogP contribution in [0.2, 0.25) is 0 Å². The van der Waals surface area contributed by atoms with E-state index in [1.165, 1.54) is 26.4 Å². The van der Waals surface area contributed by atoms with Gasteiger partial charge in [0.15, 0.2) is 0 Å². The molecule has 108 valence electrons. The number of ether oxygens (including phenoxy) is 1. The first-order valence-electron chi connectivity index (χ1n) is 5.61. The van der Waals surface area contributed by atoms with Crippen LogP contribution in [0.3, 0.4) is 0 Å². The molecule has 19 heavy (non-hydrogen) atoms. The third-order valence-corrected chi connectivity index (χ3v) is 4.59. The van der Waals surface area contributed by atoms with Gasteiger partial charge in [-0.2, -0.15) is 0 Å². The summed E-state index contributed by atoms with van der Waals surface area (Å²) in [7, 11) is 1.09. The lowest BCUT2D eigenvalue weighted by atomic mass is 10.3. The Morgan fingerprint density at radius 3 is 2.58 bits per heavy atom. The Hall–Kier alpha value is -0.890. The highest BCUT2D eigenvalue weighted by atomic mass is 35.5. The number of halogens is 1. The second kappa shape index (κ2) is 7.04. The van der Waals surface area contributed by atoms with Crippen molar-refractivity contribution < 1.29 is 13.2 Å². The molecule has 1 unspecified atom stereocenters. The van der Waals surface area contributed by atoms with E-state index in [-0.39, 0.29) is 10.9 Å². The fraction of sp³-hybridized carbons (Fsp3) is 0.545. The SMILES string of the molecule is COCC(CCl)Nc1ccc(S(=O)(=O)N(C)C)cn1. The number of rotatable bonds is 7. The smallest absolute Gasteiger partial charge is 0.244 e. The molecule has 0 saturated heterocycles. The Morgan fingerprint density at radius 1 is 1.47 bits per heavy atom. The van der Waals surface area contributed by atoms with Gasteiger partial charge in [0.2, 0.25) is 10.0 Å². The van der Waals surface area contributed by atoms with Gasteiger partial charge in [0, 0.05) is 33.3 Å². The van der Waals surface area contributed by atoms with E-state index in [9.17, 15) is 8.42 Å². The number of hydrogen-bond donors (Lipinski definition) is 1. The number of alkyl halides is 1. The van der Waals surface area contributed by atoms with Gasteiger partial charge in [0.05, 0.1) is 12.6 Å². The van der Waals surface area contributed by atoms with Gasteiger partial charge < -0.3 is 10.1 Å². The Morgan fingerprint density at radius 2 is 2.16 bits per heavy atom. The maximum Gasteiger partial charge on any atom is 0.244 e. The third kappa shape index (κ3) is 4.31. The first kappa shape index (κ1) is 16.2. The van der Waals surface area contributed by atoms with Crippen molar-refractivity contribution in [1.29, 1.82) is 0 Å². The molecular formula is C11H18ClN3O3S. The van der Waals surface area contributed by atoms with Crippen molar-refractivity contribution in [3.63, 3.8) is 0 Å². The van der Waals surface area contributed by atoms with Crippen LogP contribution in [0, 0.1) is 0 Å². The molecule has 1 rings (SSSR count). The van der Waals surface area contributed by atoms with Crippen molar-refractivity contribution in [2.45, 2.75) is 10.9 Å². The number of hydrogen-bond acceptors (Lipinski definition) is 5. The molecule has 0 aliphatic heterocycles. The summed E-state index contributed by atoms with van der Waals surface area (Å²) in [6.07, 6.45) is 1.32. The average molecular weight is 308 g/mol. The van der Waals surface area contributed by atoms with Crippen molar-refractivity contribution in [1.82, 2.24) is 9.29 Å². The molecule has 0 amide bonds. The summed E-state index contributed by atoms with van der Waals surface area (Å²) in [5.74, 6) is 0.924. The third-order valence-electron chi connectivity index (χ3n) is 2.42. The topological polar surface area (TPSA) is 71.5 Å². The minimum Gasteiger partial charge on any atom is -0.383 e. The fourth-order valence-electron chi connectivity index (χ4n) is 1.36. The zero-order valence-electron chi connectivity index (χ0n) is 11.1. The second-order valence-electron chi connectivity index (χ2n) is 4.12. The Balaban J connectivity index is 2.82. The predicted octanol–water partition coefficient (Wildman–Crippen LogP) is 0.998. The lowest BCUT2D eigenvalue weighted by Gasteiger charge is -2.16. The van der Waals surface area contributed by atoms with E-state index in [2.05, 4.69) is 10.3 Å². The molecule has 0 aliphatic rings. The Kier molecular flexibility index (Phi) is 5.99. The van der Waals surface area contributed by atoms with Crippen LogP contribution in [0.4, 0.5) is 5.82 Å². The minimum atomic E-state index is -3.45. The van der Waals surface area contributed by atoms with Crippen LogP contribution in [-0.2, 0) is 14.8 Å². The zero-order chi connectivity index (χ0) is 14.5. The van der Waals surface area contributed by atoms with Gasteiger partial charge in [-0.05, 0) is 12.1 Å². The van der Waals surface area contributed by atoms with Gasteiger partial charge in [-0.1, -0.05) is 0 Å². The van der Waals surface area contributed by atoms with Crippen LogP contribution in [-0.4, -0.2) is 57.4 Å². The van der Waals surface area contributed by atoms with E-state index in [0.717, 1.165) is 4.31 Å². The molecule has 0 saturated carbocycles. The second-order valence-corrected chi connectivity index (χ2v) is 6.58. The average Bonchev–Trinajstić information content (AvgIpc) is 2.38. The Labute approximate surface area is 118 Å². The maximum atomic E-state index is 11.8. The zero-order valence-corrected chi connectivity index (χ0v) is 12.7. The Bertz CT molecular complexity index is 490. The lowest BCUT2D eigenvalue weighted by Crippen LogP contribution is -2.27. The summed E-state index contributed by atoms with van der Waals surface area (Å²) < 4.78 is 29.8. The predicted molar refractivity (Wildman–Crippen MR) is 75.1 cm³/mol. The van der Waals surface area contributed by atoms with Crippen molar-refractivity contribution >= 4 is 27.4 Å². The summed E-state index contributed by atoms with van der Waals surface area (Å²) >= 11 is 5.77. The summed E-state index contributed by atoms with van der Waals surface area (Å²) in [4.78, 5) is 4.22. The molecule has 1 heterocycles. The molecule has 1 aromatic heterocycles. The molecule has 0 fully saturated rings. The molecule has 0 radical (unpaired) electrons. The van der Waals surface area contributed by atoms with Gasteiger partial charge in [0.25, 0.3) is 0 Å². The number of sulfonamides is 1. The quantitative estimate of drug-likeness (QED) is 0.761. The van der Waals surface area contributed by atoms with Gasteiger partial charge in [-0.25, -0.2) is 17.7 Å². The number of nitrogens with zero attached hydrogens (tertiary/aromatic N) is 2. The van der Waals surface area contributed by atoms with Crippen LogP contribution in [0.15, 0.2) is 23.2 Å². The number of aromatic nitrogens is 1. The first-order valence-corrected chi connectivity index (χ1v) is 7.59. The van der Waals surface area contributed by atoms with Crippen LogP contribution >= 0.6 is 11.6 Å². The molecular weight excluding hydrogens is 290 g/mol.